The van der Waals surface area contributed by atoms with E-state index in [-0.39, 0.29) is 35.3 Å². The van der Waals surface area contributed by atoms with E-state index in [2.05, 4.69) is 21.3 Å². The highest BCUT2D eigenvalue weighted by molar-refractivity contribution is 5.99. The van der Waals surface area contributed by atoms with Crippen LogP contribution >= 0.6 is 0 Å². The van der Waals surface area contributed by atoms with Gasteiger partial charge < -0.3 is 19.7 Å². The Morgan fingerprint density at radius 2 is 1.61 bits per heavy atom. The van der Waals surface area contributed by atoms with Gasteiger partial charge in [0.15, 0.2) is 5.78 Å². The number of nitriles is 1. The molecule has 0 aliphatic carbocycles. The molecule has 2 aliphatic rings. The second-order valence-corrected chi connectivity index (χ2v) is 11.3. The largest absolute Gasteiger partial charge is 0.497 e. The molecule has 3 aromatic rings. The Balaban J connectivity index is 1.07. The molecule has 2 aromatic carbocycles. The lowest BCUT2D eigenvalue weighted by molar-refractivity contribution is 0.0645. The van der Waals surface area contributed by atoms with Gasteiger partial charge in [-0.3, -0.25) is 24.3 Å². The fourth-order valence-corrected chi connectivity index (χ4v) is 5.86. The van der Waals surface area contributed by atoms with E-state index in [1.807, 2.05) is 18.2 Å². The van der Waals surface area contributed by atoms with Crippen molar-refractivity contribution in [1.82, 2.24) is 20.1 Å². The highest BCUT2D eigenvalue weighted by atomic mass is 16.5. The first-order valence-electron chi connectivity index (χ1n) is 14.9. The molecule has 0 atom stereocenters. The van der Waals surface area contributed by atoms with E-state index in [0.717, 1.165) is 38.0 Å². The number of hydrogen-bond acceptors (Lipinski definition) is 8. The van der Waals surface area contributed by atoms with Crippen molar-refractivity contribution in [3.8, 4) is 17.6 Å². The number of carbonyl (C=O) groups is 3. The number of nitrogens with zero attached hydrogens (tertiary/aromatic N) is 4. The third kappa shape index (κ3) is 7.24. The monoisotopic (exact) mass is 595 g/mol. The lowest BCUT2D eigenvalue weighted by Gasteiger charge is -2.32. The topological polar surface area (TPSA) is 125 Å². The van der Waals surface area contributed by atoms with E-state index in [4.69, 9.17) is 9.47 Å². The fourth-order valence-electron chi connectivity index (χ4n) is 5.86. The van der Waals surface area contributed by atoms with Gasteiger partial charge in [0.05, 0.1) is 25.3 Å². The Morgan fingerprint density at radius 1 is 0.909 bits per heavy atom. The van der Waals surface area contributed by atoms with Crippen LogP contribution in [0.4, 0.5) is 0 Å². The van der Waals surface area contributed by atoms with Crippen LogP contribution in [0.5, 0.6) is 11.5 Å². The minimum Gasteiger partial charge on any atom is -0.497 e. The van der Waals surface area contributed by atoms with E-state index in [1.165, 1.54) is 6.20 Å². The third-order valence-corrected chi connectivity index (χ3v) is 8.49. The van der Waals surface area contributed by atoms with E-state index in [9.17, 15) is 19.6 Å². The summed E-state index contributed by atoms with van der Waals surface area (Å²) in [4.78, 5) is 47.2. The van der Waals surface area contributed by atoms with Gasteiger partial charge in [-0.2, -0.15) is 5.26 Å². The molecule has 0 saturated carbocycles. The Hall–Kier alpha value is -4.75. The molecule has 0 unspecified atom stereocenters. The van der Waals surface area contributed by atoms with Gasteiger partial charge in [0.1, 0.15) is 23.3 Å². The van der Waals surface area contributed by atoms with E-state index >= 15 is 0 Å². The van der Waals surface area contributed by atoms with Gasteiger partial charge in [0.25, 0.3) is 11.8 Å². The van der Waals surface area contributed by atoms with Gasteiger partial charge in [0, 0.05) is 56.4 Å². The summed E-state index contributed by atoms with van der Waals surface area (Å²) in [5.41, 5.74) is 2.93. The van der Waals surface area contributed by atoms with E-state index < -0.39 is 0 Å². The number of piperidine rings is 2. The standard InChI is InChI=1S/C34H37N5O5/c1-43-29-7-4-24(5-8-29)32(40)25-11-17-39(18-12-25)34(42)30-9-6-26(21-36-30)33(41)37-28-13-15-38(16-14-28)22-23-3-10-31(44-2)27(19-23)20-35/h3-10,19,21,25,28H,11-18,22H2,1-2H3,(H,37,41). The number of carbonyl (C=O) groups excluding carboxylic acids is 3. The van der Waals surface area contributed by atoms with Crippen LogP contribution < -0.4 is 14.8 Å². The van der Waals surface area contributed by atoms with Crippen LogP contribution in [0.25, 0.3) is 0 Å². The lowest BCUT2D eigenvalue weighted by atomic mass is 9.88. The van der Waals surface area contributed by atoms with Crippen molar-refractivity contribution in [1.29, 1.82) is 5.26 Å². The van der Waals surface area contributed by atoms with Crippen LogP contribution in [0.15, 0.2) is 60.8 Å². The number of Topliss-reactive ketones (excluding diaryl/α,β-unsaturated/α-hetero) is 1. The minimum absolute atomic E-state index is 0.0486. The summed E-state index contributed by atoms with van der Waals surface area (Å²) >= 11 is 0. The maximum absolute atomic E-state index is 13.1. The lowest BCUT2D eigenvalue weighted by Crippen LogP contribution is -2.44. The van der Waals surface area contributed by atoms with E-state index in [0.29, 0.717) is 54.1 Å². The first kappa shape index (κ1) is 30.7. The fraction of sp³-hybridized carbons (Fsp3) is 0.382. The number of nitrogens with one attached hydrogen (secondary N) is 1. The molecule has 2 fully saturated rings. The molecule has 1 N–H and O–H groups in total. The highest BCUT2D eigenvalue weighted by Gasteiger charge is 2.29. The van der Waals surface area contributed by atoms with Crippen molar-refractivity contribution in [2.24, 2.45) is 5.92 Å². The predicted molar refractivity (Wildman–Crippen MR) is 164 cm³/mol. The van der Waals surface area contributed by atoms with Gasteiger partial charge in [-0.15, -0.1) is 0 Å². The summed E-state index contributed by atoms with van der Waals surface area (Å²) in [6.07, 6.45) is 4.27. The maximum Gasteiger partial charge on any atom is 0.272 e. The molecule has 0 bridgehead atoms. The Bertz CT molecular complexity index is 1520. The molecular formula is C34H37N5O5. The third-order valence-electron chi connectivity index (χ3n) is 8.49. The van der Waals surface area contributed by atoms with Crippen molar-refractivity contribution in [2.45, 2.75) is 38.3 Å². The number of ether oxygens (including phenoxy) is 2. The first-order valence-corrected chi connectivity index (χ1v) is 14.9. The molecule has 3 heterocycles. The SMILES string of the molecule is COc1ccc(C(=O)C2CCN(C(=O)c3ccc(C(=O)NC4CCN(Cc5ccc(OC)c(C#N)c5)CC4)cn3)CC2)cc1. The molecule has 1 aromatic heterocycles. The van der Waals surface area contributed by atoms with Gasteiger partial charge in [-0.25, -0.2) is 0 Å². The Morgan fingerprint density at radius 3 is 2.23 bits per heavy atom. The average molecular weight is 596 g/mol. The molecule has 0 spiro atoms. The molecule has 0 radical (unpaired) electrons. The Kier molecular flexibility index (Phi) is 9.87. The van der Waals surface area contributed by atoms with Crippen molar-refractivity contribution >= 4 is 17.6 Å². The first-order chi connectivity index (χ1) is 21.4. The number of pyridine rings is 1. The maximum atomic E-state index is 13.1. The molecular weight excluding hydrogens is 558 g/mol. The number of ketones is 1. The molecule has 2 amide bonds. The molecule has 228 valence electrons. The second kappa shape index (κ2) is 14.1. The van der Waals surface area contributed by atoms with Crippen LogP contribution in [-0.4, -0.2) is 78.8 Å². The van der Waals surface area contributed by atoms with Gasteiger partial charge in [0.2, 0.25) is 0 Å². The molecule has 2 aliphatic heterocycles. The number of likely N-dealkylation sites (tertiary alicyclic amines) is 2. The Labute approximate surface area is 257 Å². The van der Waals surface area contributed by atoms with Crippen LogP contribution in [0, 0.1) is 17.2 Å². The summed E-state index contributed by atoms with van der Waals surface area (Å²) in [7, 11) is 3.14. The normalized spacial score (nSPS) is 16.2. The average Bonchev–Trinajstić information content (AvgIpc) is 3.08. The minimum atomic E-state index is -0.207. The zero-order chi connectivity index (χ0) is 31.1. The summed E-state index contributed by atoms with van der Waals surface area (Å²) in [6, 6.07) is 18.2. The van der Waals surface area contributed by atoms with Crippen LogP contribution in [-0.2, 0) is 6.54 Å². The number of benzene rings is 2. The van der Waals surface area contributed by atoms with Crippen molar-refractivity contribution < 1.29 is 23.9 Å². The van der Waals surface area contributed by atoms with Gasteiger partial charge in [-0.05, 0) is 79.8 Å². The summed E-state index contributed by atoms with van der Waals surface area (Å²) in [5, 5.41) is 12.4. The van der Waals surface area contributed by atoms with E-state index in [1.54, 1.807) is 55.5 Å². The van der Waals surface area contributed by atoms with Crippen molar-refractivity contribution in [3.63, 3.8) is 0 Å². The molecule has 10 heteroatoms. The molecule has 44 heavy (non-hydrogen) atoms. The molecule has 10 nitrogen and oxygen atoms in total. The zero-order valence-electron chi connectivity index (χ0n) is 25.1. The summed E-state index contributed by atoms with van der Waals surface area (Å²) < 4.78 is 10.4. The number of aromatic nitrogens is 1. The summed E-state index contributed by atoms with van der Waals surface area (Å²) in [6.45, 7) is 3.34. The smallest absolute Gasteiger partial charge is 0.272 e. The van der Waals surface area contributed by atoms with Gasteiger partial charge in [-0.1, -0.05) is 6.07 Å². The predicted octanol–water partition coefficient (Wildman–Crippen LogP) is 4.10. The summed E-state index contributed by atoms with van der Waals surface area (Å²) in [5.74, 6) is 0.836. The molecule has 5 rings (SSSR count). The number of amides is 2. The van der Waals surface area contributed by atoms with Gasteiger partial charge >= 0.3 is 0 Å². The molecule has 2 saturated heterocycles. The quantitative estimate of drug-likeness (QED) is 0.367. The van der Waals surface area contributed by atoms with Crippen molar-refractivity contribution in [2.75, 3.05) is 40.4 Å². The van der Waals surface area contributed by atoms with Crippen molar-refractivity contribution in [3.05, 3.63) is 88.7 Å². The number of hydrogen-bond donors (Lipinski definition) is 1. The van der Waals surface area contributed by atoms with Crippen LogP contribution in [0.3, 0.4) is 0 Å². The zero-order valence-corrected chi connectivity index (χ0v) is 25.1. The second-order valence-electron chi connectivity index (χ2n) is 11.3. The number of rotatable bonds is 9. The number of methoxy groups -OCH3 is 2. The van der Waals surface area contributed by atoms with Crippen LogP contribution in [0.1, 0.15) is 68.0 Å². The highest BCUT2D eigenvalue weighted by Crippen LogP contribution is 2.25. The van der Waals surface area contributed by atoms with Crippen LogP contribution in [0.2, 0.25) is 0 Å².